The Labute approximate surface area is 208 Å². The van der Waals surface area contributed by atoms with Gasteiger partial charge in [-0.05, 0) is 36.7 Å². The predicted octanol–water partition coefficient (Wildman–Crippen LogP) is 2.70. The molecule has 3 atom stereocenters. The first-order chi connectivity index (χ1) is 17.3. The van der Waals surface area contributed by atoms with Gasteiger partial charge in [-0.1, -0.05) is 25.9 Å². The van der Waals surface area contributed by atoms with E-state index in [1.165, 1.54) is 0 Å². The Kier molecular flexibility index (Phi) is 5.31. The first kappa shape index (κ1) is 22.7. The Morgan fingerprint density at radius 1 is 1.14 bits per heavy atom. The average Bonchev–Trinajstić information content (AvgIpc) is 3.63. The van der Waals surface area contributed by atoms with Gasteiger partial charge >= 0.3 is 0 Å². The van der Waals surface area contributed by atoms with Crippen LogP contribution < -0.4 is 10.2 Å². The highest BCUT2D eigenvalue weighted by atomic mass is 16.5. The Morgan fingerprint density at radius 3 is 2.58 bits per heavy atom. The smallest absolute Gasteiger partial charge is 0.292 e. The highest BCUT2D eigenvalue weighted by molar-refractivity contribution is 5.90. The van der Waals surface area contributed by atoms with Crippen molar-refractivity contribution in [2.75, 3.05) is 24.5 Å². The van der Waals surface area contributed by atoms with E-state index in [0.717, 1.165) is 48.5 Å². The van der Waals surface area contributed by atoms with Crippen LogP contribution in [0.1, 0.15) is 50.1 Å². The molecule has 2 fully saturated rings. The number of aromatic nitrogens is 7. The van der Waals surface area contributed by atoms with E-state index in [2.05, 4.69) is 30.6 Å². The first-order valence-corrected chi connectivity index (χ1v) is 12.5. The van der Waals surface area contributed by atoms with Crippen molar-refractivity contribution in [1.82, 2.24) is 39.8 Å². The molecule has 4 aromatic heterocycles. The Morgan fingerprint density at radius 2 is 1.92 bits per heavy atom. The number of rotatable bonds is 5. The summed E-state index contributed by atoms with van der Waals surface area (Å²) in [6.07, 6.45) is 9.86. The van der Waals surface area contributed by atoms with Crippen LogP contribution in [0.5, 0.6) is 0 Å². The number of fused-ring (bicyclic) bond motifs is 3. The SMILES string of the molecule is Cn1cc(-c2cn3nccc3c(N3C[C@H]4CC[C@@H](C3)[C@H]4CNC(=O)c3noc(C(C)(C)C)n3)n2)cn1. The number of carbonyl (C=O) groups is 1. The molecule has 0 radical (unpaired) electrons. The first-order valence-electron chi connectivity index (χ1n) is 12.5. The van der Waals surface area contributed by atoms with E-state index in [4.69, 9.17) is 9.51 Å². The van der Waals surface area contributed by atoms with Crippen molar-refractivity contribution in [3.8, 4) is 11.3 Å². The van der Waals surface area contributed by atoms with Crippen molar-refractivity contribution >= 4 is 17.2 Å². The van der Waals surface area contributed by atoms with E-state index in [9.17, 15) is 4.79 Å². The molecular weight excluding hydrogens is 458 g/mol. The van der Waals surface area contributed by atoms with Crippen LogP contribution in [0.3, 0.4) is 0 Å². The summed E-state index contributed by atoms with van der Waals surface area (Å²) in [7, 11) is 1.90. The third-order valence-electron chi connectivity index (χ3n) is 7.47. The maximum absolute atomic E-state index is 12.7. The number of hydrogen-bond donors (Lipinski definition) is 1. The third kappa shape index (κ3) is 4.02. The molecule has 1 aliphatic carbocycles. The van der Waals surface area contributed by atoms with Crippen molar-refractivity contribution in [1.29, 1.82) is 0 Å². The lowest BCUT2D eigenvalue weighted by Crippen LogP contribution is -2.46. The van der Waals surface area contributed by atoms with Gasteiger partial charge in [0, 0.05) is 43.9 Å². The topological polar surface area (TPSA) is 119 Å². The molecule has 1 saturated carbocycles. The van der Waals surface area contributed by atoms with Crippen LogP contribution in [0.4, 0.5) is 5.82 Å². The molecule has 1 saturated heterocycles. The van der Waals surface area contributed by atoms with Crippen molar-refractivity contribution in [2.45, 2.75) is 39.0 Å². The van der Waals surface area contributed by atoms with E-state index in [1.807, 2.05) is 63.2 Å². The molecule has 1 amide bonds. The van der Waals surface area contributed by atoms with Gasteiger partial charge in [0.1, 0.15) is 5.52 Å². The van der Waals surface area contributed by atoms with Gasteiger partial charge in [-0.3, -0.25) is 9.48 Å². The second kappa shape index (κ2) is 8.42. The molecule has 188 valence electrons. The Balaban J connectivity index is 1.18. The van der Waals surface area contributed by atoms with Crippen LogP contribution in [0.15, 0.2) is 35.4 Å². The normalized spacial score (nSPS) is 21.9. The standard InChI is InChI=1S/C25H31N9O2/c1-25(2,3)24-30-21(31-36-24)23(35)26-10-18-15-5-6-16(18)13-33(12-15)22-20-7-8-27-34(20)14-19(29-22)17-9-28-32(4)11-17/h7-9,11,14-16,18H,5-6,10,12-13H2,1-4H3,(H,26,35)/t15-,16+,18+. The summed E-state index contributed by atoms with van der Waals surface area (Å²) in [6, 6.07) is 2.01. The van der Waals surface area contributed by atoms with Gasteiger partial charge in [0.15, 0.2) is 5.82 Å². The van der Waals surface area contributed by atoms with Gasteiger partial charge in [-0.15, -0.1) is 0 Å². The van der Waals surface area contributed by atoms with E-state index < -0.39 is 0 Å². The molecule has 2 bridgehead atoms. The van der Waals surface area contributed by atoms with E-state index >= 15 is 0 Å². The second-order valence-corrected chi connectivity index (χ2v) is 11.1. The average molecular weight is 490 g/mol. The van der Waals surface area contributed by atoms with Gasteiger partial charge in [0.2, 0.25) is 5.89 Å². The quantitative estimate of drug-likeness (QED) is 0.454. The van der Waals surface area contributed by atoms with Gasteiger partial charge < -0.3 is 14.7 Å². The largest absolute Gasteiger partial charge is 0.354 e. The molecule has 5 heterocycles. The van der Waals surface area contributed by atoms with Crippen molar-refractivity contribution < 1.29 is 9.32 Å². The van der Waals surface area contributed by atoms with Crippen molar-refractivity contribution in [3.05, 3.63) is 42.6 Å². The molecule has 11 heteroatoms. The lowest BCUT2D eigenvalue weighted by Gasteiger charge is -2.39. The molecule has 1 aliphatic heterocycles. The van der Waals surface area contributed by atoms with E-state index in [-0.39, 0.29) is 17.1 Å². The lowest BCUT2D eigenvalue weighted by molar-refractivity contribution is 0.0923. The summed E-state index contributed by atoms with van der Waals surface area (Å²) in [4.78, 5) is 24.4. The van der Waals surface area contributed by atoms with E-state index in [0.29, 0.717) is 30.2 Å². The number of piperidine rings is 1. The molecule has 4 aromatic rings. The number of hydrogen-bond acceptors (Lipinski definition) is 8. The summed E-state index contributed by atoms with van der Waals surface area (Å²) in [5.41, 5.74) is 2.53. The molecule has 0 unspecified atom stereocenters. The van der Waals surface area contributed by atoms with Crippen LogP contribution in [0.25, 0.3) is 16.8 Å². The minimum atomic E-state index is -0.291. The minimum absolute atomic E-state index is 0.101. The number of nitrogens with one attached hydrogen (secondary N) is 1. The summed E-state index contributed by atoms with van der Waals surface area (Å²) in [5, 5.41) is 15.7. The molecule has 1 N–H and O–H groups in total. The summed E-state index contributed by atoms with van der Waals surface area (Å²) in [6.45, 7) is 8.36. The molecule has 0 aromatic carbocycles. The highest BCUT2D eigenvalue weighted by Crippen LogP contribution is 2.43. The molecule has 6 rings (SSSR count). The fourth-order valence-electron chi connectivity index (χ4n) is 5.59. The summed E-state index contributed by atoms with van der Waals surface area (Å²) >= 11 is 0. The fraction of sp³-hybridized carbons (Fsp3) is 0.520. The molecule has 36 heavy (non-hydrogen) atoms. The zero-order valence-corrected chi connectivity index (χ0v) is 21.0. The van der Waals surface area contributed by atoms with Crippen molar-refractivity contribution in [2.24, 2.45) is 24.8 Å². The maximum atomic E-state index is 12.7. The predicted molar refractivity (Wildman–Crippen MR) is 132 cm³/mol. The van der Waals surface area contributed by atoms with Crippen LogP contribution in [-0.4, -0.2) is 60.1 Å². The summed E-state index contributed by atoms with van der Waals surface area (Å²) < 4.78 is 8.96. The fourth-order valence-corrected chi connectivity index (χ4v) is 5.59. The lowest BCUT2D eigenvalue weighted by atomic mass is 9.85. The zero-order chi connectivity index (χ0) is 25.0. The number of amides is 1. The zero-order valence-electron chi connectivity index (χ0n) is 21.0. The van der Waals surface area contributed by atoms with Gasteiger partial charge in [-0.2, -0.15) is 15.2 Å². The minimum Gasteiger partial charge on any atom is -0.354 e. The number of nitrogens with zero attached hydrogens (tertiary/aromatic N) is 8. The Bertz CT molecular complexity index is 1400. The van der Waals surface area contributed by atoms with Gasteiger partial charge in [0.25, 0.3) is 11.7 Å². The molecular formula is C25H31N9O2. The van der Waals surface area contributed by atoms with Crippen LogP contribution >= 0.6 is 0 Å². The number of anilines is 1. The van der Waals surface area contributed by atoms with Crippen LogP contribution in [0, 0.1) is 17.8 Å². The molecule has 2 aliphatic rings. The monoisotopic (exact) mass is 489 g/mol. The summed E-state index contributed by atoms with van der Waals surface area (Å²) in [5.74, 6) is 2.62. The highest BCUT2D eigenvalue weighted by Gasteiger charge is 2.43. The van der Waals surface area contributed by atoms with Gasteiger partial charge in [-0.25, -0.2) is 9.50 Å². The third-order valence-corrected chi connectivity index (χ3v) is 7.47. The van der Waals surface area contributed by atoms with Crippen LogP contribution in [0.2, 0.25) is 0 Å². The number of aryl methyl sites for hydroxylation is 1. The van der Waals surface area contributed by atoms with Gasteiger partial charge in [0.05, 0.1) is 24.3 Å². The Hall–Kier alpha value is -3.76. The molecule has 0 spiro atoms. The second-order valence-electron chi connectivity index (χ2n) is 11.1. The number of carbonyl (C=O) groups excluding carboxylic acids is 1. The van der Waals surface area contributed by atoms with E-state index in [1.54, 1.807) is 4.68 Å². The maximum Gasteiger partial charge on any atom is 0.292 e. The van der Waals surface area contributed by atoms with Crippen LogP contribution in [-0.2, 0) is 12.5 Å². The van der Waals surface area contributed by atoms with Crippen molar-refractivity contribution in [3.63, 3.8) is 0 Å². The molecule has 11 nitrogen and oxygen atoms in total.